The standard InChI is InChI=1S/C21H23NO4S2/c1-2-25-18-7-4-3-6-17(18)22-19(23)14-26-20(24)15-8-10-16(11-9-15)21-27-12-5-13-28-21/h3-4,6-11,21H,2,5,12-14H2,1H3,(H,22,23). The van der Waals surface area contributed by atoms with E-state index in [4.69, 9.17) is 9.47 Å². The van der Waals surface area contributed by atoms with E-state index in [0.29, 0.717) is 28.2 Å². The number of hydrogen-bond donors (Lipinski definition) is 1. The van der Waals surface area contributed by atoms with Crippen LogP contribution in [0.3, 0.4) is 0 Å². The van der Waals surface area contributed by atoms with Gasteiger partial charge in [0.1, 0.15) is 5.75 Å². The number of anilines is 1. The maximum atomic E-state index is 12.2. The minimum absolute atomic E-state index is 0.352. The van der Waals surface area contributed by atoms with Crippen LogP contribution in [0.5, 0.6) is 5.75 Å². The number of nitrogens with one attached hydrogen (secondary N) is 1. The van der Waals surface area contributed by atoms with E-state index in [2.05, 4.69) is 5.32 Å². The fraction of sp³-hybridized carbons (Fsp3) is 0.333. The van der Waals surface area contributed by atoms with E-state index in [0.717, 1.165) is 0 Å². The molecule has 1 aliphatic heterocycles. The lowest BCUT2D eigenvalue weighted by Crippen LogP contribution is -2.21. The number of amides is 1. The molecule has 0 aromatic heterocycles. The zero-order valence-corrected chi connectivity index (χ0v) is 17.3. The monoisotopic (exact) mass is 417 g/mol. The van der Waals surface area contributed by atoms with Crippen LogP contribution < -0.4 is 10.1 Å². The Labute approximate surface area is 173 Å². The topological polar surface area (TPSA) is 64.6 Å². The van der Waals surface area contributed by atoms with Crippen molar-refractivity contribution in [2.75, 3.05) is 30.0 Å². The fourth-order valence-electron chi connectivity index (χ4n) is 2.71. The Morgan fingerprint density at radius 2 is 1.79 bits per heavy atom. The molecule has 0 bridgehead atoms. The van der Waals surface area contributed by atoms with E-state index >= 15 is 0 Å². The SMILES string of the molecule is CCOc1ccccc1NC(=O)COC(=O)c1ccc(C2SCCCS2)cc1. The molecule has 148 valence electrons. The highest BCUT2D eigenvalue weighted by Gasteiger charge is 2.17. The zero-order chi connectivity index (χ0) is 19.8. The van der Waals surface area contributed by atoms with E-state index in [1.807, 2.05) is 48.6 Å². The minimum Gasteiger partial charge on any atom is -0.492 e. The van der Waals surface area contributed by atoms with Crippen LogP contribution in [0.1, 0.15) is 33.8 Å². The fourth-order valence-corrected chi connectivity index (χ4v) is 5.60. The van der Waals surface area contributed by atoms with E-state index < -0.39 is 11.9 Å². The van der Waals surface area contributed by atoms with Crippen LogP contribution in [0.15, 0.2) is 48.5 Å². The van der Waals surface area contributed by atoms with Gasteiger partial charge in [-0.05, 0) is 54.7 Å². The Hall–Kier alpha value is -2.12. The highest BCUT2D eigenvalue weighted by atomic mass is 32.2. The maximum absolute atomic E-state index is 12.2. The Balaban J connectivity index is 1.51. The van der Waals surface area contributed by atoms with Crippen molar-refractivity contribution in [2.45, 2.75) is 17.9 Å². The Morgan fingerprint density at radius 3 is 2.50 bits per heavy atom. The Bertz CT molecular complexity index is 804. The number of hydrogen-bond acceptors (Lipinski definition) is 6. The van der Waals surface area contributed by atoms with Gasteiger partial charge in [-0.25, -0.2) is 4.79 Å². The van der Waals surface area contributed by atoms with Crippen molar-refractivity contribution in [3.05, 3.63) is 59.7 Å². The summed E-state index contributed by atoms with van der Waals surface area (Å²) in [6.45, 7) is 2.02. The molecule has 0 radical (unpaired) electrons. The number of esters is 1. The minimum atomic E-state index is -0.510. The molecular formula is C21H23NO4S2. The number of carbonyl (C=O) groups is 2. The molecule has 1 N–H and O–H groups in total. The molecule has 0 spiro atoms. The van der Waals surface area contributed by atoms with Crippen LogP contribution >= 0.6 is 23.5 Å². The summed E-state index contributed by atoms with van der Waals surface area (Å²) in [7, 11) is 0. The van der Waals surface area contributed by atoms with E-state index in [9.17, 15) is 9.59 Å². The predicted octanol–water partition coefficient (Wildman–Crippen LogP) is 4.75. The smallest absolute Gasteiger partial charge is 0.338 e. The first-order valence-corrected chi connectivity index (χ1v) is 11.3. The molecule has 1 heterocycles. The summed E-state index contributed by atoms with van der Waals surface area (Å²) >= 11 is 3.87. The molecule has 2 aromatic carbocycles. The molecule has 0 aliphatic carbocycles. The first-order chi connectivity index (χ1) is 13.7. The van der Waals surface area contributed by atoms with Crippen LogP contribution in [0.25, 0.3) is 0 Å². The van der Waals surface area contributed by atoms with E-state index in [-0.39, 0.29) is 6.61 Å². The summed E-state index contributed by atoms with van der Waals surface area (Å²) in [6, 6.07) is 14.6. The Kier molecular flexibility index (Phi) is 7.68. The molecular weight excluding hydrogens is 394 g/mol. The van der Waals surface area contributed by atoms with Gasteiger partial charge in [0.25, 0.3) is 5.91 Å². The highest BCUT2D eigenvalue weighted by molar-refractivity contribution is 8.16. The lowest BCUT2D eigenvalue weighted by Gasteiger charge is -2.21. The second kappa shape index (κ2) is 10.4. The molecule has 0 atom stereocenters. The largest absolute Gasteiger partial charge is 0.492 e. The molecule has 1 saturated heterocycles. The molecule has 3 rings (SSSR count). The van der Waals surface area contributed by atoms with Crippen molar-refractivity contribution >= 4 is 41.1 Å². The summed E-state index contributed by atoms with van der Waals surface area (Å²) in [6.07, 6.45) is 1.24. The predicted molar refractivity (Wildman–Crippen MR) is 115 cm³/mol. The van der Waals surface area contributed by atoms with Crippen LogP contribution in [-0.2, 0) is 9.53 Å². The van der Waals surface area contributed by atoms with Crippen molar-refractivity contribution in [3.8, 4) is 5.75 Å². The summed E-state index contributed by atoms with van der Waals surface area (Å²) in [4.78, 5) is 24.3. The third kappa shape index (κ3) is 5.69. The molecule has 0 unspecified atom stereocenters. The number of rotatable bonds is 7. The van der Waals surface area contributed by atoms with Gasteiger partial charge in [0.2, 0.25) is 0 Å². The van der Waals surface area contributed by atoms with Gasteiger partial charge < -0.3 is 14.8 Å². The van der Waals surface area contributed by atoms with Crippen molar-refractivity contribution in [1.29, 1.82) is 0 Å². The molecule has 1 amide bonds. The summed E-state index contributed by atoms with van der Waals surface area (Å²) in [5, 5.41) is 2.71. The van der Waals surface area contributed by atoms with Gasteiger partial charge >= 0.3 is 5.97 Å². The van der Waals surface area contributed by atoms with Crippen molar-refractivity contribution in [3.63, 3.8) is 0 Å². The normalized spacial score (nSPS) is 14.3. The van der Waals surface area contributed by atoms with Crippen molar-refractivity contribution in [1.82, 2.24) is 0 Å². The second-order valence-electron chi connectivity index (χ2n) is 6.10. The van der Waals surface area contributed by atoms with Gasteiger partial charge in [0, 0.05) is 0 Å². The molecule has 1 fully saturated rings. The first kappa shape index (κ1) is 20.6. The number of carbonyl (C=O) groups excluding carboxylic acids is 2. The highest BCUT2D eigenvalue weighted by Crippen LogP contribution is 2.43. The zero-order valence-electron chi connectivity index (χ0n) is 15.7. The average molecular weight is 418 g/mol. The Morgan fingerprint density at radius 1 is 1.07 bits per heavy atom. The molecule has 5 nitrogen and oxygen atoms in total. The third-order valence-electron chi connectivity index (χ3n) is 4.04. The summed E-state index contributed by atoms with van der Waals surface area (Å²) in [5.74, 6) is 2.00. The molecule has 28 heavy (non-hydrogen) atoms. The van der Waals surface area contributed by atoms with Gasteiger partial charge in [0.15, 0.2) is 6.61 Å². The summed E-state index contributed by atoms with van der Waals surface area (Å²) in [5.41, 5.74) is 2.20. The van der Waals surface area contributed by atoms with E-state index in [1.165, 1.54) is 23.5 Å². The van der Waals surface area contributed by atoms with Gasteiger partial charge in [-0.1, -0.05) is 24.3 Å². The van der Waals surface area contributed by atoms with Gasteiger partial charge in [-0.2, -0.15) is 0 Å². The molecule has 0 saturated carbocycles. The van der Waals surface area contributed by atoms with Gasteiger partial charge in [-0.15, -0.1) is 23.5 Å². The van der Waals surface area contributed by atoms with Crippen LogP contribution in [0, 0.1) is 0 Å². The third-order valence-corrected chi connectivity index (χ3v) is 7.06. The van der Waals surface area contributed by atoms with Crippen molar-refractivity contribution < 1.29 is 19.1 Å². The summed E-state index contributed by atoms with van der Waals surface area (Å²) < 4.78 is 11.0. The lowest BCUT2D eigenvalue weighted by molar-refractivity contribution is -0.119. The second-order valence-corrected chi connectivity index (χ2v) is 8.83. The number of ether oxygens (including phenoxy) is 2. The maximum Gasteiger partial charge on any atom is 0.338 e. The number of benzene rings is 2. The van der Waals surface area contributed by atoms with Crippen LogP contribution in [0.4, 0.5) is 5.69 Å². The number of thioether (sulfide) groups is 2. The lowest BCUT2D eigenvalue weighted by atomic mass is 10.1. The van der Waals surface area contributed by atoms with Crippen molar-refractivity contribution in [2.24, 2.45) is 0 Å². The average Bonchev–Trinajstić information content (AvgIpc) is 2.74. The quantitative estimate of drug-likeness (QED) is 0.656. The number of para-hydroxylation sites is 2. The first-order valence-electron chi connectivity index (χ1n) is 9.19. The van der Waals surface area contributed by atoms with Crippen LogP contribution in [0.2, 0.25) is 0 Å². The molecule has 7 heteroatoms. The van der Waals surface area contributed by atoms with Gasteiger partial charge in [0.05, 0.1) is 22.4 Å². The molecule has 2 aromatic rings. The van der Waals surface area contributed by atoms with Crippen LogP contribution in [-0.4, -0.2) is 36.6 Å². The van der Waals surface area contributed by atoms with Gasteiger partial charge in [-0.3, -0.25) is 4.79 Å². The molecule has 1 aliphatic rings. The van der Waals surface area contributed by atoms with E-state index in [1.54, 1.807) is 30.3 Å².